The first-order valence-electron chi connectivity index (χ1n) is 4.91. The fourth-order valence-electron chi connectivity index (χ4n) is 1.05. The molecule has 0 aromatic carbocycles. The minimum atomic E-state index is -0.634. The van der Waals surface area contributed by atoms with Gasteiger partial charge in [0, 0.05) is 0 Å². The van der Waals surface area contributed by atoms with Gasteiger partial charge in [-0.1, -0.05) is 6.58 Å². The first-order valence-corrected chi connectivity index (χ1v) is 4.91. The van der Waals surface area contributed by atoms with Gasteiger partial charge in [-0.25, -0.2) is 19.3 Å². The molecule has 92 valence electrons. The van der Waals surface area contributed by atoms with Crippen LogP contribution in [0.5, 0.6) is 0 Å². The third-order valence-electron chi connectivity index (χ3n) is 1.82. The normalized spacial score (nSPS) is 9.76. The first kappa shape index (κ1) is 12.9. The molecule has 0 N–H and O–H groups in total. The van der Waals surface area contributed by atoms with Crippen molar-refractivity contribution < 1.29 is 19.1 Å². The number of rotatable bonds is 5. The molecule has 0 unspecified atom stereocenters. The lowest BCUT2D eigenvalue weighted by molar-refractivity contribution is -0.138. The van der Waals surface area contributed by atoms with Crippen LogP contribution in [0, 0.1) is 0 Å². The van der Waals surface area contributed by atoms with Gasteiger partial charge < -0.3 is 9.47 Å². The maximum atomic E-state index is 11.3. The number of hydrogen-bond acceptors (Lipinski definition) is 6. The zero-order chi connectivity index (χ0) is 12.8. The molecule has 0 atom stereocenters. The highest BCUT2D eigenvalue weighted by molar-refractivity contribution is 5.87. The minimum absolute atomic E-state index is 0.0656. The molecule has 0 aliphatic heterocycles. The summed E-state index contributed by atoms with van der Waals surface area (Å²) in [6, 6.07) is 0. The van der Waals surface area contributed by atoms with Crippen LogP contribution in [0.4, 0.5) is 0 Å². The molecule has 1 aromatic rings. The third kappa shape index (κ3) is 3.40. The smallest absolute Gasteiger partial charge is 0.377 e. The van der Waals surface area contributed by atoms with E-state index in [4.69, 9.17) is 4.74 Å². The molecule has 1 aromatic heterocycles. The molecular weight excluding hydrogens is 226 g/mol. The molecule has 0 saturated heterocycles. The summed E-state index contributed by atoms with van der Waals surface area (Å²) in [6.45, 7) is 5.66. The Labute approximate surface area is 98.0 Å². The molecule has 0 aliphatic carbocycles. The number of aromatic nitrogens is 3. The Morgan fingerprint density at radius 3 is 2.82 bits per heavy atom. The fraction of sp³-hybridized carbons (Fsp3) is 0.400. The van der Waals surface area contributed by atoms with E-state index in [1.165, 1.54) is 18.1 Å². The van der Waals surface area contributed by atoms with E-state index in [1.807, 2.05) is 0 Å². The average Bonchev–Trinajstić information content (AvgIpc) is 2.76. The maximum Gasteiger partial charge on any atom is 0.377 e. The van der Waals surface area contributed by atoms with Crippen LogP contribution >= 0.6 is 0 Å². The number of ether oxygens (including phenoxy) is 2. The number of methoxy groups -OCH3 is 1. The Balaban J connectivity index is 2.63. The van der Waals surface area contributed by atoms with Gasteiger partial charge in [0.2, 0.25) is 0 Å². The van der Waals surface area contributed by atoms with Gasteiger partial charge in [-0.05, 0) is 6.92 Å². The molecule has 0 amide bonds. The lowest BCUT2D eigenvalue weighted by Crippen LogP contribution is -2.13. The van der Waals surface area contributed by atoms with Crippen molar-refractivity contribution in [2.75, 3.05) is 13.7 Å². The third-order valence-corrected chi connectivity index (χ3v) is 1.82. The number of carbonyl (C=O) groups excluding carboxylic acids is 2. The quantitative estimate of drug-likeness (QED) is 0.538. The van der Waals surface area contributed by atoms with Crippen LogP contribution < -0.4 is 0 Å². The highest BCUT2D eigenvalue weighted by Gasteiger charge is 2.13. The number of hydrogen-bond donors (Lipinski definition) is 0. The predicted octanol–water partition coefficient (Wildman–Crippen LogP) is 0.184. The zero-order valence-corrected chi connectivity index (χ0v) is 9.67. The van der Waals surface area contributed by atoms with Crippen LogP contribution in [0.25, 0.3) is 0 Å². The largest absolute Gasteiger partial charge is 0.463 e. The number of esters is 2. The second-order valence-electron chi connectivity index (χ2n) is 3.08. The molecule has 7 nitrogen and oxygen atoms in total. The highest BCUT2D eigenvalue weighted by atomic mass is 16.5. The highest BCUT2D eigenvalue weighted by Crippen LogP contribution is 2.00. The Kier molecular flexibility index (Phi) is 4.38. The van der Waals surface area contributed by atoms with Gasteiger partial charge in [-0.2, -0.15) is 0 Å². The van der Waals surface area contributed by atoms with Gasteiger partial charge in [-0.3, -0.25) is 0 Å². The first-order chi connectivity index (χ1) is 8.08. The van der Waals surface area contributed by atoms with Crippen molar-refractivity contribution in [3.63, 3.8) is 0 Å². The number of nitrogens with zero attached hydrogens (tertiary/aromatic N) is 3. The Bertz CT molecular complexity index is 439. The van der Waals surface area contributed by atoms with Crippen molar-refractivity contribution >= 4 is 11.9 Å². The van der Waals surface area contributed by atoms with Crippen molar-refractivity contribution in [2.24, 2.45) is 0 Å². The van der Waals surface area contributed by atoms with Crippen molar-refractivity contribution in [1.29, 1.82) is 0 Å². The van der Waals surface area contributed by atoms with Crippen LogP contribution in [0.15, 0.2) is 18.5 Å². The number of carbonyl (C=O) groups is 2. The molecule has 0 spiro atoms. The Morgan fingerprint density at radius 1 is 1.53 bits per heavy atom. The van der Waals surface area contributed by atoms with Crippen molar-refractivity contribution in [2.45, 2.75) is 13.5 Å². The van der Waals surface area contributed by atoms with Crippen LogP contribution in [0.2, 0.25) is 0 Å². The second kappa shape index (κ2) is 5.78. The molecule has 0 saturated carbocycles. The molecule has 0 fully saturated rings. The van der Waals surface area contributed by atoms with E-state index in [2.05, 4.69) is 21.4 Å². The summed E-state index contributed by atoms with van der Waals surface area (Å²) in [5.41, 5.74) is 0.230. The molecule has 1 heterocycles. The van der Waals surface area contributed by atoms with Gasteiger partial charge in [0.15, 0.2) is 0 Å². The van der Waals surface area contributed by atoms with Gasteiger partial charge in [0.1, 0.15) is 6.33 Å². The van der Waals surface area contributed by atoms with E-state index in [0.29, 0.717) is 0 Å². The van der Waals surface area contributed by atoms with Crippen LogP contribution in [0.3, 0.4) is 0 Å². The van der Waals surface area contributed by atoms with Gasteiger partial charge >= 0.3 is 11.9 Å². The van der Waals surface area contributed by atoms with E-state index in [9.17, 15) is 9.59 Å². The van der Waals surface area contributed by atoms with Gasteiger partial charge in [-0.15, -0.1) is 5.10 Å². The van der Waals surface area contributed by atoms with Crippen molar-refractivity contribution in [1.82, 2.24) is 14.8 Å². The van der Waals surface area contributed by atoms with E-state index >= 15 is 0 Å². The molecule has 7 heteroatoms. The molecule has 0 aliphatic rings. The summed E-state index contributed by atoms with van der Waals surface area (Å²) in [5.74, 6) is -1.20. The lowest BCUT2D eigenvalue weighted by Gasteiger charge is -2.04. The topological polar surface area (TPSA) is 83.3 Å². The molecule has 0 bridgehead atoms. The summed E-state index contributed by atoms with van der Waals surface area (Å²) >= 11 is 0. The van der Waals surface area contributed by atoms with Gasteiger partial charge in [0.05, 0.1) is 25.8 Å². The summed E-state index contributed by atoms with van der Waals surface area (Å²) in [5, 5.41) is 3.83. The molecular formula is C10H13N3O4. The lowest BCUT2D eigenvalue weighted by atomic mass is 10.3. The van der Waals surface area contributed by atoms with Crippen molar-refractivity contribution in [3.8, 4) is 0 Å². The van der Waals surface area contributed by atoms with E-state index < -0.39 is 11.9 Å². The van der Waals surface area contributed by atoms with E-state index in [1.54, 1.807) is 6.92 Å². The SMILES string of the molecule is C=C(Cn1cnc(C(=O)OC)n1)C(=O)OCC. The zero-order valence-electron chi connectivity index (χ0n) is 9.67. The monoisotopic (exact) mass is 239 g/mol. The van der Waals surface area contributed by atoms with E-state index in [0.717, 1.165) is 0 Å². The van der Waals surface area contributed by atoms with Crippen molar-refractivity contribution in [3.05, 3.63) is 24.3 Å². The second-order valence-corrected chi connectivity index (χ2v) is 3.08. The summed E-state index contributed by atoms with van der Waals surface area (Å²) < 4.78 is 10.5. The van der Waals surface area contributed by atoms with Crippen LogP contribution in [-0.2, 0) is 20.8 Å². The Hall–Kier alpha value is -2.18. The Morgan fingerprint density at radius 2 is 2.24 bits per heavy atom. The molecule has 0 radical (unpaired) electrons. The van der Waals surface area contributed by atoms with E-state index in [-0.39, 0.29) is 24.5 Å². The van der Waals surface area contributed by atoms with Crippen LogP contribution in [-0.4, -0.2) is 40.4 Å². The standard InChI is InChI=1S/C10H13N3O4/c1-4-17-9(14)7(2)5-13-6-11-8(12-13)10(15)16-3/h6H,2,4-5H2,1,3H3. The van der Waals surface area contributed by atoms with Gasteiger partial charge in [0.25, 0.3) is 5.82 Å². The maximum absolute atomic E-state index is 11.3. The summed E-state index contributed by atoms with van der Waals surface area (Å²) in [6.07, 6.45) is 1.32. The summed E-state index contributed by atoms with van der Waals surface area (Å²) in [4.78, 5) is 26.1. The molecule has 17 heavy (non-hydrogen) atoms. The minimum Gasteiger partial charge on any atom is -0.463 e. The molecule has 1 rings (SSSR count). The van der Waals surface area contributed by atoms with Crippen LogP contribution in [0.1, 0.15) is 17.5 Å². The summed E-state index contributed by atoms with van der Waals surface area (Å²) in [7, 11) is 1.24. The average molecular weight is 239 g/mol. The fourth-order valence-corrected chi connectivity index (χ4v) is 1.05. The predicted molar refractivity (Wildman–Crippen MR) is 57.1 cm³/mol.